The Morgan fingerprint density at radius 2 is 1.90 bits per heavy atom. The van der Waals surface area contributed by atoms with Gasteiger partial charge in [0.05, 0.1) is 0 Å². The second kappa shape index (κ2) is 9.67. The zero-order chi connectivity index (χ0) is 22.4. The van der Waals surface area contributed by atoms with Gasteiger partial charge in [0.2, 0.25) is 0 Å². The molecule has 0 amide bonds. The van der Waals surface area contributed by atoms with Gasteiger partial charge in [-0.2, -0.15) is 18.3 Å². The Morgan fingerprint density at radius 3 is 2.43 bits per heavy atom. The van der Waals surface area contributed by atoms with Gasteiger partial charge in [-0.05, 0) is 20.3 Å². The van der Waals surface area contributed by atoms with Crippen LogP contribution in [0.2, 0.25) is 0 Å². The lowest BCUT2D eigenvalue weighted by molar-refractivity contribution is -0.192. The van der Waals surface area contributed by atoms with Crippen LogP contribution in [0, 0.1) is 6.92 Å². The topological polar surface area (TPSA) is 129 Å². The zero-order valence-corrected chi connectivity index (χ0v) is 16.4. The molecule has 2 heterocycles. The van der Waals surface area contributed by atoms with Crippen LogP contribution in [0.3, 0.4) is 0 Å². The second-order valence-corrected chi connectivity index (χ2v) is 7.12. The standard InChI is InChI=1S/C15H22FN7.C2HF3O2/c1-10-13(17-5-3-4-12-18-9-21-23-12)19-8-20-14(10)22-11-6-15(2,16)7-11;3-2(4,5)1(6)7/h8-9,11H,3-7H2,1-2H3,(H,18,21,23)(H2,17,19,20,22);(H,6,7). The predicted molar refractivity (Wildman–Crippen MR) is 99.8 cm³/mol. The van der Waals surface area contributed by atoms with Gasteiger partial charge in [-0.1, -0.05) is 0 Å². The molecule has 2 aromatic heterocycles. The van der Waals surface area contributed by atoms with Crippen molar-refractivity contribution in [2.24, 2.45) is 0 Å². The maximum absolute atomic E-state index is 13.6. The molecular formula is C17H23F4N7O2. The highest BCUT2D eigenvalue weighted by molar-refractivity contribution is 5.73. The number of hydrogen-bond donors (Lipinski definition) is 4. The number of aliphatic carboxylic acids is 1. The Morgan fingerprint density at radius 1 is 1.27 bits per heavy atom. The van der Waals surface area contributed by atoms with E-state index in [0.717, 1.165) is 42.4 Å². The summed E-state index contributed by atoms with van der Waals surface area (Å²) in [5.41, 5.74) is -0.0833. The first kappa shape index (κ1) is 23.3. The zero-order valence-electron chi connectivity index (χ0n) is 16.4. The number of nitrogens with one attached hydrogen (secondary N) is 3. The van der Waals surface area contributed by atoms with Crippen molar-refractivity contribution in [1.82, 2.24) is 25.1 Å². The van der Waals surface area contributed by atoms with E-state index in [2.05, 4.69) is 35.8 Å². The summed E-state index contributed by atoms with van der Waals surface area (Å²) in [4.78, 5) is 21.5. The van der Waals surface area contributed by atoms with E-state index in [0.29, 0.717) is 12.8 Å². The summed E-state index contributed by atoms with van der Waals surface area (Å²) in [5, 5.41) is 20.4. The number of H-pyrrole nitrogens is 1. The summed E-state index contributed by atoms with van der Waals surface area (Å²) in [6.45, 7) is 4.39. The van der Waals surface area contributed by atoms with Crippen LogP contribution in [-0.2, 0) is 11.2 Å². The van der Waals surface area contributed by atoms with Crippen LogP contribution in [0.25, 0.3) is 0 Å². The molecule has 1 aliphatic carbocycles. The van der Waals surface area contributed by atoms with Crippen molar-refractivity contribution in [3.05, 3.63) is 24.0 Å². The molecule has 166 valence electrons. The third-order valence-electron chi connectivity index (χ3n) is 4.36. The quantitative estimate of drug-likeness (QED) is 0.388. The Kier molecular flexibility index (Phi) is 7.51. The largest absolute Gasteiger partial charge is 0.490 e. The van der Waals surface area contributed by atoms with Crippen LogP contribution in [0.1, 0.15) is 37.6 Å². The molecule has 13 heteroatoms. The molecule has 0 unspecified atom stereocenters. The summed E-state index contributed by atoms with van der Waals surface area (Å²) >= 11 is 0. The molecule has 0 atom stereocenters. The molecule has 0 saturated heterocycles. The summed E-state index contributed by atoms with van der Waals surface area (Å²) in [6.07, 6.45) is 0.760. The Balaban J connectivity index is 0.000000396. The van der Waals surface area contributed by atoms with Crippen LogP contribution >= 0.6 is 0 Å². The third-order valence-corrected chi connectivity index (χ3v) is 4.36. The number of aromatic amines is 1. The summed E-state index contributed by atoms with van der Waals surface area (Å²) in [7, 11) is 0. The molecule has 4 N–H and O–H groups in total. The van der Waals surface area contributed by atoms with Crippen LogP contribution in [-0.4, -0.2) is 60.7 Å². The highest BCUT2D eigenvalue weighted by Gasteiger charge is 2.40. The van der Waals surface area contributed by atoms with Gasteiger partial charge in [-0.15, -0.1) is 0 Å². The number of alkyl halides is 4. The van der Waals surface area contributed by atoms with Crippen molar-refractivity contribution in [1.29, 1.82) is 0 Å². The normalized spacial score (nSPS) is 20.5. The predicted octanol–water partition coefficient (Wildman–Crippen LogP) is 2.88. The van der Waals surface area contributed by atoms with E-state index >= 15 is 0 Å². The van der Waals surface area contributed by atoms with Gasteiger partial charge in [-0.3, -0.25) is 5.10 Å². The number of halogens is 4. The summed E-state index contributed by atoms with van der Waals surface area (Å²) in [5.74, 6) is -0.291. The van der Waals surface area contributed by atoms with Crippen LogP contribution in [0.4, 0.5) is 29.2 Å². The van der Waals surface area contributed by atoms with Crippen molar-refractivity contribution in [3.63, 3.8) is 0 Å². The van der Waals surface area contributed by atoms with Crippen molar-refractivity contribution < 1.29 is 27.5 Å². The molecule has 9 nitrogen and oxygen atoms in total. The van der Waals surface area contributed by atoms with Gasteiger partial charge < -0.3 is 15.7 Å². The van der Waals surface area contributed by atoms with E-state index in [1.165, 1.54) is 12.7 Å². The molecule has 0 aliphatic heterocycles. The van der Waals surface area contributed by atoms with Gasteiger partial charge in [0, 0.05) is 37.4 Å². The monoisotopic (exact) mass is 433 g/mol. The maximum atomic E-state index is 13.6. The van der Waals surface area contributed by atoms with Crippen LogP contribution < -0.4 is 10.6 Å². The average molecular weight is 433 g/mol. The molecule has 30 heavy (non-hydrogen) atoms. The minimum absolute atomic E-state index is 0.151. The van der Waals surface area contributed by atoms with Crippen molar-refractivity contribution in [2.75, 3.05) is 17.2 Å². The Labute approximate surface area is 169 Å². The molecule has 2 aromatic rings. The van der Waals surface area contributed by atoms with E-state index in [-0.39, 0.29) is 6.04 Å². The average Bonchev–Trinajstić information content (AvgIpc) is 3.13. The molecular weight excluding hydrogens is 410 g/mol. The van der Waals surface area contributed by atoms with E-state index in [4.69, 9.17) is 9.90 Å². The smallest absolute Gasteiger partial charge is 0.475 e. The van der Waals surface area contributed by atoms with Crippen molar-refractivity contribution in [2.45, 2.75) is 57.4 Å². The van der Waals surface area contributed by atoms with E-state index < -0.39 is 17.8 Å². The van der Waals surface area contributed by atoms with E-state index in [1.54, 1.807) is 6.92 Å². The molecule has 1 aliphatic rings. The summed E-state index contributed by atoms with van der Waals surface area (Å²) < 4.78 is 45.3. The third kappa shape index (κ3) is 7.12. The number of hydrogen-bond acceptors (Lipinski definition) is 7. The highest BCUT2D eigenvalue weighted by Crippen LogP contribution is 2.37. The maximum Gasteiger partial charge on any atom is 0.490 e. The molecule has 0 aromatic carbocycles. The fourth-order valence-electron chi connectivity index (χ4n) is 2.85. The fourth-order valence-corrected chi connectivity index (χ4v) is 2.85. The highest BCUT2D eigenvalue weighted by atomic mass is 19.4. The van der Waals surface area contributed by atoms with Crippen molar-refractivity contribution in [3.8, 4) is 0 Å². The Bertz CT molecular complexity index is 820. The minimum atomic E-state index is -5.08. The number of nitrogens with zero attached hydrogens (tertiary/aromatic N) is 4. The number of carboxylic acids is 1. The fraction of sp³-hybridized carbons (Fsp3) is 0.588. The number of carbonyl (C=O) groups is 1. The van der Waals surface area contributed by atoms with Crippen LogP contribution in [0.15, 0.2) is 12.7 Å². The first-order valence-corrected chi connectivity index (χ1v) is 9.13. The van der Waals surface area contributed by atoms with Gasteiger partial charge in [0.25, 0.3) is 0 Å². The number of aryl methyl sites for hydroxylation is 1. The molecule has 0 radical (unpaired) electrons. The SMILES string of the molecule is Cc1c(NCCCc2ncn[nH]2)ncnc1NC1CC(C)(F)C1.O=C(O)C(F)(F)F. The van der Waals surface area contributed by atoms with E-state index in [1.807, 2.05) is 6.92 Å². The lowest BCUT2D eigenvalue weighted by Gasteiger charge is -2.39. The van der Waals surface area contributed by atoms with E-state index in [9.17, 15) is 17.6 Å². The van der Waals surface area contributed by atoms with Gasteiger partial charge in [0.1, 0.15) is 35.8 Å². The molecule has 1 saturated carbocycles. The second-order valence-electron chi connectivity index (χ2n) is 7.12. The van der Waals surface area contributed by atoms with Gasteiger partial charge in [-0.25, -0.2) is 24.1 Å². The molecule has 0 bridgehead atoms. The van der Waals surface area contributed by atoms with Gasteiger partial charge >= 0.3 is 12.1 Å². The first-order valence-electron chi connectivity index (χ1n) is 9.13. The lowest BCUT2D eigenvalue weighted by atomic mass is 9.79. The minimum Gasteiger partial charge on any atom is -0.475 e. The molecule has 0 spiro atoms. The van der Waals surface area contributed by atoms with Gasteiger partial charge in [0.15, 0.2) is 0 Å². The molecule has 3 rings (SSSR count). The number of carboxylic acid groups (broad SMARTS) is 1. The lowest BCUT2D eigenvalue weighted by Crippen LogP contribution is -2.45. The number of rotatable bonds is 7. The van der Waals surface area contributed by atoms with Crippen LogP contribution in [0.5, 0.6) is 0 Å². The van der Waals surface area contributed by atoms with Crippen molar-refractivity contribution >= 4 is 17.6 Å². The number of aromatic nitrogens is 5. The summed E-state index contributed by atoms with van der Waals surface area (Å²) in [6, 6.07) is 0.151. The Hall–Kier alpha value is -2.99. The first-order chi connectivity index (χ1) is 14.0. The molecule has 1 fully saturated rings. The number of anilines is 2.